The van der Waals surface area contributed by atoms with Crippen LogP contribution in [0.25, 0.3) is 39.0 Å². The summed E-state index contributed by atoms with van der Waals surface area (Å²) in [5.74, 6) is -0.408. The van der Waals surface area contributed by atoms with Gasteiger partial charge >= 0.3 is 0 Å². The first kappa shape index (κ1) is 26.9. The van der Waals surface area contributed by atoms with Crippen LogP contribution in [0.3, 0.4) is 0 Å². The van der Waals surface area contributed by atoms with Crippen LogP contribution in [0.2, 0.25) is 5.02 Å². The van der Waals surface area contributed by atoms with E-state index in [1.165, 1.54) is 12.1 Å². The Morgan fingerprint density at radius 1 is 1.18 bits per heavy atom. The normalized spacial score (nSPS) is 15.4. The van der Waals surface area contributed by atoms with Gasteiger partial charge in [-0.3, -0.25) is 9.98 Å². The van der Waals surface area contributed by atoms with E-state index in [1.54, 1.807) is 38.0 Å². The molecule has 4 aromatic rings. The minimum Gasteiger partial charge on any atom is -0.404 e. The van der Waals surface area contributed by atoms with Gasteiger partial charge in [0, 0.05) is 90.4 Å². The molecule has 0 radical (unpaired) electrons. The zero-order valence-corrected chi connectivity index (χ0v) is 22.5. The molecule has 200 valence electrons. The van der Waals surface area contributed by atoms with Gasteiger partial charge in [-0.25, -0.2) is 14.4 Å². The van der Waals surface area contributed by atoms with Crippen LogP contribution in [0.15, 0.2) is 72.2 Å². The lowest BCUT2D eigenvalue weighted by Crippen LogP contribution is -2.37. The van der Waals surface area contributed by atoms with Crippen molar-refractivity contribution in [1.29, 1.82) is 0 Å². The molecule has 4 heterocycles. The number of rotatable bonds is 8. The highest BCUT2D eigenvalue weighted by molar-refractivity contribution is 6.30. The summed E-state index contributed by atoms with van der Waals surface area (Å²) < 4.78 is 19.9. The number of halogens is 2. The van der Waals surface area contributed by atoms with Gasteiger partial charge in [-0.15, -0.1) is 0 Å². The number of benzene rings is 1. The lowest BCUT2D eigenvalue weighted by molar-refractivity contribution is 0.131. The van der Waals surface area contributed by atoms with E-state index in [1.807, 2.05) is 30.5 Å². The van der Waals surface area contributed by atoms with E-state index >= 15 is 0 Å². The van der Waals surface area contributed by atoms with Gasteiger partial charge in [-0.1, -0.05) is 11.6 Å². The largest absolute Gasteiger partial charge is 0.404 e. The average molecular weight is 545 g/mol. The molecule has 1 aliphatic rings. The van der Waals surface area contributed by atoms with Crippen LogP contribution in [0.1, 0.15) is 18.4 Å². The molecule has 9 heteroatoms. The highest BCUT2D eigenvalue weighted by Crippen LogP contribution is 2.33. The number of allylic oxidation sites excluding steroid dienone is 1. The van der Waals surface area contributed by atoms with Crippen LogP contribution in [0, 0.1) is 5.82 Å². The van der Waals surface area contributed by atoms with Crippen molar-refractivity contribution in [3.05, 3.63) is 83.7 Å². The molecule has 3 aromatic heterocycles. The van der Waals surface area contributed by atoms with Crippen molar-refractivity contribution in [1.82, 2.24) is 19.9 Å². The van der Waals surface area contributed by atoms with Crippen molar-refractivity contribution in [2.45, 2.75) is 18.9 Å². The Morgan fingerprint density at radius 2 is 2.03 bits per heavy atom. The number of fused-ring (bicyclic) bond motifs is 1. The summed E-state index contributed by atoms with van der Waals surface area (Å²) in [4.78, 5) is 20.8. The zero-order chi connectivity index (χ0) is 27.2. The number of hydrogen-bond donors (Lipinski definition) is 1. The lowest BCUT2D eigenvalue weighted by Gasteiger charge is -2.29. The summed E-state index contributed by atoms with van der Waals surface area (Å²) >= 11 is 6.17. The van der Waals surface area contributed by atoms with Gasteiger partial charge < -0.3 is 15.4 Å². The second-order valence-electron chi connectivity index (χ2n) is 9.48. The fraction of sp³-hybridized carbons (Fsp3) is 0.267. The molecule has 0 saturated carbocycles. The molecule has 0 aliphatic carbocycles. The van der Waals surface area contributed by atoms with Crippen LogP contribution in [0.4, 0.5) is 4.39 Å². The molecular formula is C30H30ClFN6O. The number of methoxy groups -OCH3 is 1. The summed E-state index contributed by atoms with van der Waals surface area (Å²) in [6.07, 6.45) is 10.6. The van der Waals surface area contributed by atoms with Crippen LogP contribution in [0.5, 0.6) is 0 Å². The van der Waals surface area contributed by atoms with Crippen LogP contribution in [-0.2, 0) is 4.74 Å². The van der Waals surface area contributed by atoms with Gasteiger partial charge in [0.05, 0.1) is 18.3 Å². The number of pyridine rings is 3. The monoisotopic (exact) mass is 544 g/mol. The molecule has 5 rings (SSSR count). The second kappa shape index (κ2) is 12.4. The maximum atomic E-state index is 14.7. The predicted octanol–water partition coefficient (Wildman–Crippen LogP) is 5.63. The topological polar surface area (TPSA) is 89.5 Å². The van der Waals surface area contributed by atoms with Gasteiger partial charge in [-0.05, 0) is 60.9 Å². The van der Waals surface area contributed by atoms with E-state index in [0.29, 0.717) is 21.9 Å². The minimum atomic E-state index is -0.408. The third kappa shape index (κ3) is 6.30. The van der Waals surface area contributed by atoms with Crippen LogP contribution < -0.4 is 5.73 Å². The molecule has 1 aliphatic heterocycles. The molecule has 0 spiro atoms. The Balaban J connectivity index is 1.44. The Kier molecular flexibility index (Phi) is 8.56. The van der Waals surface area contributed by atoms with Crippen LogP contribution >= 0.6 is 11.6 Å². The number of piperidine rings is 1. The molecule has 7 nitrogen and oxygen atoms in total. The summed E-state index contributed by atoms with van der Waals surface area (Å²) in [7, 11) is 1.73. The molecule has 0 unspecified atom stereocenters. The molecule has 1 fully saturated rings. The second-order valence-corrected chi connectivity index (χ2v) is 9.92. The Morgan fingerprint density at radius 3 is 2.82 bits per heavy atom. The first-order valence-corrected chi connectivity index (χ1v) is 13.3. The summed E-state index contributed by atoms with van der Waals surface area (Å²) in [5.41, 5.74) is 10.6. The summed E-state index contributed by atoms with van der Waals surface area (Å²) in [6.45, 7) is 3.70. The van der Waals surface area contributed by atoms with E-state index in [-0.39, 0.29) is 6.04 Å². The first-order valence-electron chi connectivity index (χ1n) is 12.9. The maximum Gasteiger partial charge on any atom is 0.160 e. The van der Waals surface area contributed by atoms with Gasteiger partial charge in [0.1, 0.15) is 5.82 Å². The first-order chi connectivity index (χ1) is 19.1. The number of likely N-dealkylation sites (tertiary alicyclic amines) is 1. The minimum absolute atomic E-state index is 0.250. The fourth-order valence-corrected chi connectivity index (χ4v) is 4.96. The standard InChI is InChI=1S/C30H30ClFN6O/c1-39-12-11-38-9-6-24(7-10-38)36-19-22(16-33)20-13-21(18-34-17-20)26-15-29(27-14-23(31)4-5-28(27)32)37-30-25(26)3-2-8-35-30/h2-5,8,13-19,24H,6-7,9-12,33H2,1H3. The number of nitrogens with two attached hydrogens (primary N) is 1. The number of aliphatic imine (C=N–C) groups is 1. The van der Waals surface area contributed by atoms with Crippen molar-refractivity contribution < 1.29 is 9.13 Å². The summed E-state index contributed by atoms with van der Waals surface area (Å²) in [6, 6.07) is 12.3. The van der Waals surface area contributed by atoms with Crippen molar-refractivity contribution in [2.75, 3.05) is 33.4 Å². The van der Waals surface area contributed by atoms with Crippen molar-refractivity contribution in [3.63, 3.8) is 0 Å². The highest BCUT2D eigenvalue weighted by Gasteiger charge is 2.18. The molecule has 0 amide bonds. The average Bonchev–Trinajstić information content (AvgIpc) is 2.98. The van der Waals surface area contributed by atoms with E-state index < -0.39 is 5.82 Å². The molecule has 39 heavy (non-hydrogen) atoms. The Labute approximate surface area is 232 Å². The van der Waals surface area contributed by atoms with Crippen LogP contribution in [-0.4, -0.2) is 65.5 Å². The molecule has 0 bridgehead atoms. The molecule has 0 atom stereocenters. The maximum absolute atomic E-state index is 14.7. The van der Waals surface area contributed by atoms with Gasteiger partial charge in [0.2, 0.25) is 0 Å². The number of ether oxygens (including phenoxy) is 1. The quantitative estimate of drug-likeness (QED) is 0.289. The van der Waals surface area contributed by atoms with E-state index in [4.69, 9.17) is 27.1 Å². The van der Waals surface area contributed by atoms with Gasteiger partial charge in [-0.2, -0.15) is 0 Å². The predicted molar refractivity (Wildman–Crippen MR) is 155 cm³/mol. The third-order valence-corrected chi connectivity index (χ3v) is 7.18. The number of nitrogens with zero attached hydrogens (tertiary/aromatic N) is 5. The number of aromatic nitrogens is 3. The van der Waals surface area contributed by atoms with Gasteiger partial charge in [0.15, 0.2) is 5.65 Å². The molecule has 1 aromatic carbocycles. The zero-order valence-electron chi connectivity index (χ0n) is 21.7. The number of hydrogen-bond acceptors (Lipinski definition) is 7. The van der Waals surface area contributed by atoms with Crippen molar-refractivity contribution in [3.8, 4) is 22.4 Å². The van der Waals surface area contributed by atoms with E-state index in [2.05, 4.69) is 19.9 Å². The smallest absolute Gasteiger partial charge is 0.160 e. The Bertz CT molecular complexity index is 1520. The molecule has 2 N–H and O–H groups in total. The van der Waals surface area contributed by atoms with Crippen molar-refractivity contribution in [2.24, 2.45) is 10.7 Å². The lowest BCUT2D eigenvalue weighted by atomic mass is 9.98. The Hall–Kier alpha value is -3.72. The summed E-state index contributed by atoms with van der Waals surface area (Å²) in [5, 5.41) is 1.26. The van der Waals surface area contributed by atoms with E-state index in [0.717, 1.165) is 66.7 Å². The highest BCUT2D eigenvalue weighted by atomic mass is 35.5. The van der Waals surface area contributed by atoms with Crippen molar-refractivity contribution >= 4 is 34.4 Å². The SMILES string of the molecule is COCCN1CCC(N=CC(=CN)c2cncc(-c3cc(-c4cc(Cl)ccc4F)nc4ncccc34)c2)CC1. The fourth-order valence-electron chi connectivity index (χ4n) is 4.78. The molecular weight excluding hydrogens is 515 g/mol. The molecule has 1 saturated heterocycles. The van der Waals surface area contributed by atoms with Gasteiger partial charge in [0.25, 0.3) is 0 Å². The van der Waals surface area contributed by atoms with E-state index in [9.17, 15) is 4.39 Å². The third-order valence-electron chi connectivity index (χ3n) is 6.94.